The number of sulfonamides is 1. The molecule has 2 atom stereocenters. The Hall–Kier alpha value is -2.12. The second kappa shape index (κ2) is 5.94. The van der Waals surface area contributed by atoms with E-state index in [2.05, 4.69) is 5.32 Å². The van der Waals surface area contributed by atoms with Crippen LogP contribution in [0.5, 0.6) is 0 Å². The molecule has 22 heavy (non-hydrogen) atoms. The van der Waals surface area contributed by atoms with Crippen molar-refractivity contribution in [3.05, 3.63) is 54.6 Å². The molecule has 0 radical (unpaired) electrons. The molecule has 0 aliphatic heterocycles. The van der Waals surface area contributed by atoms with Crippen molar-refractivity contribution in [2.75, 3.05) is 19.4 Å². The Morgan fingerprint density at radius 1 is 1.23 bits per heavy atom. The molecule has 2 N–H and O–H groups in total. The van der Waals surface area contributed by atoms with Crippen LogP contribution in [-0.4, -0.2) is 42.8 Å². The van der Waals surface area contributed by atoms with Crippen molar-refractivity contribution < 1.29 is 18.3 Å². The van der Waals surface area contributed by atoms with E-state index in [-0.39, 0.29) is 0 Å². The second-order valence-electron chi connectivity index (χ2n) is 5.13. The highest BCUT2D eigenvalue weighted by Gasteiger charge is 2.52. The molecule has 0 aromatic heterocycles. The van der Waals surface area contributed by atoms with Crippen molar-refractivity contribution in [3.63, 3.8) is 0 Å². The van der Waals surface area contributed by atoms with E-state index in [0.717, 1.165) is 4.31 Å². The molecule has 1 aliphatic rings. The molecular weight excluding hydrogens is 304 g/mol. The fraction of sp³-hybridized carbons (Fsp3) is 0.267. The van der Waals surface area contributed by atoms with Gasteiger partial charge in [-0.05, 0) is 18.2 Å². The number of rotatable bonds is 5. The summed E-state index contributed by atoms with van der Waals surface area (Å²) in [5.74, 6) is -2.46. The highest BCUT2D eigenvalue weighted by atomic mass is 32.2. The zero-order chi connectivity index (χ0) is 16.4. The molecule has 1 aromatic rings. The van der Waals surface area contributed by atoms with Gasteiger partial charge >= 0.3 is 5.97 Å². The Balaban J connectivity index is 2.62. The zero-order valence-corrected chi connectivity index (χ0v) is 13.1. The van der Waals surface area contributed by atoms with E-state index in [1.165, 1.54) is 38.4 Å². The van der Waals surface area contributed by atoms with Crippen LogP contribution in [0.25, 0.3) is 0 Å². The fourth-order valence-electron chi connectivity index (χ4n) is 2.37. The number of carboxylic acids is 1. The van der Waals surface area contributed by atoms with E-state index >= 15 is 0 Å². The predicted molar refractivity (Wildman–Crippen MR) is 84.8 cm³/mol. The molecule has 0 saturated heterocycles. The monoisotopic (exact) mass is 322 g/mol. The summed E-state index contributed by atoms with van der Waals surface area (Å²) in [6.45, 7) is 0. The predicted octanol–water partition coefficient (Wildman–Crippen LogP) is 1.51. The Morgan fingerprint density at radius 3 is 2.41 bits per heavy atom. The number of benzene rings is 1. The van der Waals surface area contributed by atoms with Gasteiger partial charge in [0.15, 0.2) is 4.87 Å². The van der Waals surface area contributed by atoms with Crippen molar-refractivity contribution in [2.24, 2.45) is 5.92 Å². The third kappa shape index (κ3) is 2.65. The quantitative estimate of drug-likeness (QED) is 0.858. The molecular formula is C15H18N2O4S. The van der Waals surface area contributed by atoms with Crippen LogP contribution >= 0.6 is 0 Å². The minimum Gasteiger partial charge on any atom is -0.481 e. The third-order valence-corrected chi connectivity index (χ3v) is 5.81. The third-order valence-electron chi connectivity index (χ3n) is 3.51. The van der Waals surface area contributed by atoms with Gasteiger partial charge in [-0.2, -0.15) is 0 Å². The molecule has 7 heteroatoms. The van der Waals surface area contributed by atoms with Crippen LogP contribution in [0.2, 0.25) is 0 Å². The Morgan fingerprint density at radius 2 is 1.86 bits per heavy atom. The first-order valence-corrected chi connectivity index (χ1v) is 8.09. The maximum Gasteiger partial charge on any atom is 0.314 e. The molecule has 6 nitrogen and oxygen atoms in total. The lowest BCUT2D eigenvalue weighted by atomic mass is 9.94. The van der Waals surface area contributed by atoms with Crippen molar-refractivity contribution in [1.29, 1.82) is 0 Å². The van der Waals surface area contributed by atoms with Gasteiger partial charge in [-0.25, -0.2) is 12.7 Å². The van der Waals surface area contributed by atoms with Gasteiger partial charge in [-0.3, -0.25) is 4.79 Å². The number of hydrogen-bond donors (Lipinski definition) is 2. The standard InChI is InChI=1S/C15H18N2O4S/c1-17(2)22(20,21)15(16-12-8-4-3-5-9-12)11-7-6-10-13(15)14(18)19/h3-11,13,16H,1-2H3,(H,18,19). The van der Waals surface area contributed by atoms with E-state index in [1.54, 1.807) is 30.3 Å². The van der Waals surface area contributed by atoms with Crippen molar-refractivity contribution >= 4 is 21.7 Å². The number of para-hydroxylation sites is 1. The molecule has 1 aliphatic carbocycles. The summed E-state index contributed by atoms with van der Waals surface area (Å²) in [6, 6.07) is 8.67. The van der Waals surface area contributed by atoms with Gasteiger partial charge in [-0.1, -0.05) is 36.4 Å². The molecule has 1 aromatic carbocycles. The van der Waals surface area contributed by atoms with Crippen LogP contribution in [0.3, 0.4) is 0 Å². The maximum atomic E-state index is 12.8. The zero-order valence-electron chi connectivity index (χ0n) is 12.3. The molecule has 0 amide bonds. The average Bonchev–Trinajstić information content (AvgIpc) is 2.48. The molecule has 118 valence electrons. The van der Waals surface area contributed by atoms with Crippen LogP contribution in [0.4, 0.5) is 5.69 Å². The van der Waals surface area contributed by atoms with E-state index in [4.69, 9.17) is 0 Å². The number of nitrogens with one attached hydrogen (secondary N) is 1. The van der Waals surface area contributed by atoms with Crippen molar-refractivity contribution in [3.8, 4) is 0 Å². The first-order chi connectivity index (χ1) is 10.3. The SMILES string of the molecule is CN(C)S(=O)(=O)C1(Nc2ccccc2)C=CC=CC1C(=O)O. The minimum absolute atomic E-state index is 0.527. The molecule has 0 fully saturated rings. The van der Waals surface area contributed by atoms with Crippen LogP contribution in [0.1, 0.15) is 0 Å². The Bertz CT molecular complexity index is 710. The molecule has 2 unspecified atom stereocenters. The second-order valence-corrected chi connectivity index (χ2v) is 7.49. The van der Waals surface area contributed by atoms with Gasteiger partial charge < -0.3 is 10.4 Å². The summed E-state index contributed by atoms with van der Waals surface area (Å²) in [4.78, 5) is 9.84. The van der Waals surface area contributed by atoms with Crippen LogP contribution in [0, 0.1) is 5.92 Å². The lowest BCUT2D eigenvalue weighted by molar-refractivity contribution is -0.140. The molecule has 0 bridgehead atoms. The minimum atomic E-state index is -3.95. The summed E-state index contributed by atoms with van der Waals surface area (Å²) < 4.78 is 26.7. The van der Waals surface area contributed by atoms with E-state index < -0.39 is 26.8 Å². The maximum absolute atomic E-state index is 12.8. The molecule has 0 saturated carbocycles. The smallest absolute Gasteiger partial charge is 0.314 e. The van der Waals surface area contributed by atoms with Crippen LogP contribution in [0.15, 0.2) is 54.6 Å². The van der Waals surface area contributed by atoms with E-state index in [0.29, 0.717) is 5.69 Å². The van der Waals surface area contributed by atoms with Gasteiger partial charge in [0.1, 0.15) is 5.92 Å². The van der Waals surface area contributed by atoms with Gasteiger partial charge in [0, 0.05) is 19.8 Å². The highest BCUT2D eigenvalue weighted by molar-refractivity contribution is 7.90. The largest absolute Gasteiger partial charge is 0.481 e. The van der Waals surface area contributed by atoms with Gasteiger partial charge in [0.2, 0.25) is 10.0 Å². The lowest BCUT2D eigenvalue weighted by Gasteiger charge is -2.38. The number of anilines is 1. The summed E-state index contributed by atoms with van der Waals surface area (Å²) in [6.07, 6.45) is 5.83. The van der Waals surface area contributed by atoms with Crippen LogP contribution < -0.4 is 5.32 Å². The number of carboxylic acid groups (broad SMARTS) is 1. The Kier molecular flexibility index (Phi) is 4.39. The first-order valence-electron chi connectivity index (χ1n) is 6.65. The number of hydrogen-bond acceptors (Lipinski definition) is 4. The van der Waals surface area contributed by atoms with E-state index in [1.807, 2.05) is 0 Å². The molecule has 2 rings (SSSR count). The highest BCUT2D eigenvalue weighted by Crippen LogP contribution is 2.35. The number of carbonyl (C=O) groups is 1. The van der Waals surface area contributed by atoms with Gasteiger partial charge in [-0.15, -0.1) is 0 Å². The first kappa shape index (κ1) is 16.3. The average molecular weight is 322 g/mol. The molecule has 0 heterocycles. The summed E-state index contributed by atoms with van der Waals surface area (Å²) in [5.41, 5.74) is 0.527. The number of nitrogens with zero attached hydrogens (tertiary/aromatic N) is 1. The fourth-order valence-corrected chi connectivity index (χ4v) is 3.97. The summed E-state index contributed by atoms with van der Waals surface area (Å²) >= 11 is 0. The lowest BCUT2D eigenvalue weighted by Crippen LogP contribution is -2.57. The van der Waals surface area contributed by atoms with E-state index in [9.17, 15) is 18.3 Å². The molecule has 0 spiro atoms. The van der Waals surface area contributed by atoms with Gasteiger partial charge in [0.25, 0.3) is 0 Å². The summed E-state index contributed by atoms with van der Waals surface area (Å²) in [7, 11) is -1.18. The Labute approximate surface area is 129 Å². The van der Waals surface area contributed by atoms with Crippen LogP contribution in [-0.2, 0) is 14.8 Å². The summed E-state index contributed by atoms with van der Waals surface area (Å²) in [5, 5.41) is 12.4. The van der Waals surface area contributed by atoms with Gasteiger partial charge in [0.05, 0.1) is 0 Å². The van der Waals surface area contributed by atoms with Crippen molar-refractivity contribution in [1.82, 2.24) is 4.31 Å². The van der Waals surface area contributed by atoms with Crippen molar-refractivity contribution in [2.45, 2.75) is 4.87 Å². The normalized spacial score (nSPS) is 24.4. The number of allylic oxidation sites excluding steroid dienone is 2. The topological polar surface area (TPSA) is 86.7 Å². The number of aliphatic carboxylic acids is 1.